The number of fused-ring (bicyclic) bond motifs is 3. The van der Waals surface area contributed by atoms with E-state index in [2.05, 4.69) is 4.90 Å². The van der Waals surface area contributed by atoms with Crippen molar-refractivity contribution in [2.24, 2.45) is 0 Å². The van der Waals surface area contributed by atoms with Gasteiger partial charge in [0.2, 0.25) is 0 Å². The van der Waals surface area contributed by atoms with Crippen molar-refractivity contribution in [3.05, 3.63) is 42.2 Å². The van der Waals surface area contributed by atoms with Crippen LogP contribution in [0, 0.1) is 0 Å². The second-order valence-electron chi connectivity index (χ2n) is 7.44. The Morgan fingerprint density at radius 1 is 1.19 bits per heavy atom. The van der Waals surface area contributed by atoms with Crippen LogP contribution in [0.1, 0.15) is 30.7 Å². The fourth-order valence-corrected chi connectivity index (χ4v) is 3.76. The second kappa shape index (κ2) is 7.16. The van der Waals surface area contributed by atoms with E-state index in [0.29, 0.717) is 19.4 Å². The molecule has 0 bridgehead atoms. The van der Waals surface area contributed by atoms with Crippen LogP contribution in [-0.4, -0.2) is 43.7 Å². The van der Waals surface area contributed by atoms with E-state index >= 15 is 0 Å². The number of carbonyl (C=O) groups excluding carboxylic acids is 2. The zero-order chi connectivity index (χ0) is 19.0. The Kier molecular flexibility index (Phi) is 4.70. The Morgan fingerprint density at radius 2 is 2.04 bits per heavy atom. The van der Waals surface area contributed by atoms with Crippen LogP contribution in [0.15, 0.2) is 41.0 Å². The van der Waals surface area contributed by atoms with Crippen molar-refractivity contribution in [3.63, 3.8) is 0 Å². The summed E-state index contributed by atoms with van der Waals surface area (Å²) in [5.74, 6) is 0.599. The highest BCUT2D eigenvalue weighted by molar-refractivity contribution is 6.11. The molecule has 0 N–H and O–H groups in total. The lowest BCUT2D eigenvalue weighted by Crippen LogP contribution is -2.23. The highest BCUT2D eigenvalue weighted by Gasteiger charge is 2.31. The molecule has 1 aliphatic carbocycles. The topological polar surface area (TPSA) is 59.8 Å². The maximum atomic E-state index is 12.4. The number of nitrogens with zero attached hydrogens (tertiary/aromatic N) is 1. The summed E-state index contributed by atoms with van der Waals surface area (Å²) >= 11 is 0. The third-order valence-electron chi connectivity index (χ3n) is 5.21. The lowest BCUT2D eigenvalue weighted by Gasteiger charge is -2.19. The summed E-state index contributed by atoms with van der Waals surface area (Å²) in [6, 6.07) is 9.95. The summed E-state index contributed by atoms with van der Waals surface area (Å²) in [4.78, 5) is 26.1. The van der Waals surface area contributed by atoms with Crippen LogP contribution >= 0.6 is 0 Å². The fourth-order valence-electron chi connectivity index (χ4n) is 3.76. The van der Waals surface area contributed by atoms with E-state index < -0.39 is 0 Å². The van der Waals surface area contributed by atoms with Crippen molar-refractivity contribution in [2.75, 3.05) is 27.2 Å². The molecule has 140 valence electrons. The SMILES string of the molecule is CN(C)CCOc1ccc2c(ccc3occ([C@@H]4CCC(=O)CC4=O)c32)c1. The highest BCUT2D eigenvalue weighted by Crippen LogP contribution is 2.38. The van der Waals surface area contributed by atoms with Crippen molar-refractivity contribution in [1.29, 1.82) is 0 Å². The van der Waals surface area contributed by atoms with Crippen molar-refractivity contribution in [2.45, 2.75) is 25.2 Å². The number of likely N-dealkylation sites (N-methyl/N-ethyl adjacent to an activating group) is 1. The van der Waals surface area contributed by atoms with Gasteiger partial charge in [-0.3, -0.25) is 9.59 Å². The summed E-state index contributed by atoms with van der Waals surface area (Å²) in [6.45, 7) is 1.48. The minimum absolute atomic E-state index is 0.00501. The standard InChI is InChI=1S/C22H23NO4/c1-23(2)9-10-26-16-5-7-17-14(11-16)3-8-21-22(17)19(13-27-21)18-6-4-15(24)12-20(18)25/h3,5,7-8,11,13,18H,4,6,9-10,12H2,1-2H3/t18-/m0/s1. The quantitative estimate of drug-likeness (QED) is 0.641. The molecule has 5 heteroatoms. The highest BCUT2D eigenvalue weighted by atomic mass is 16.5. The van der Waals surface area contributed by atoms with Crippen LogP contribution < -0.4 is 4.74 Å². The first-order valence-electron chi connectivity index (χ1n) is 9.29. The minimum Gasteiger partial charge on any atom is -0.492 e. The Morgan fingerprint density at radius 3 is 2.81 bits per heavy atom. The van der Waals surface area contributed by atoms with Crippen LogP contribution in [0.25, 0.3) is 21.7 Å². The van der Waals surface area contributed by atoms with E-state index in [1.165, 1.54) is 0 Å². The number of Topliss-reactive ketones (excluding diaryl/α,β-unsaturated/α-hetero) is 2. The molecular formula is C22H23NO4. The lowest BCUT2D eigenvalue weighted by atomic mass is 9.81. The number of carbonyl (C=O) groups is 2. The second-order valence-corrected chi connectivity index (χ2v) is 7.44. The molecule has 0 amide bonds. The molecule has 3 aromatic rings. The number of furan rings is 1. The number of rotatable bonds is 5. The van der Waals surface area contributed by atoms with Crippen molar-refractivity contribution < 1.29 is 18.7 Å². The van der Waals surface area contributed by atoms with E-state index in [1.54, 1.807) is 6.26 Å². The van der Waals surface area contributed by atoms with Gasteiger partial charge in [-0.15, -0.1) is 0 Å². The summed E-state index contributed by atoms with van der Waals surface area (Å²) in [7, 11) is 4.03. The van der Waals surface area contributed by atoms with E-state index in [4.69, 9.17) is 9.15 Å². The Balaban J connectivity index is 1.71. The normalized spacial score (nSPS) is 18.0. The van der Waals surface area contributed by atoms with E-state index in [0.717, 1.165) is 39.6 Å². The summed E-state index contributed by atoms with van der Waals surface area (Å²) in [6.07, 6.45) is 2.74. The summed E-state index contributed by atoms with van der Waals surface area (Å²) < 4.78 is 11.6. The van der Waals surface area contributed by atoms with E-state index in [-0.39, 0.29) is 23.9 Å². The summed E-state index contributed by atoms with van der Waals surface area (Å²) in [5.41, 5.74) is 1.66. The fraction of sp³-hybridized carbons (Fsp3) is 0.364. The maximum absolute atomic E-state index is 12.4. The van der Waals surface area contributed by atoms with Gasteiger partial charge in [-0.2, -0.15) is 0 Å². The molecule has 4 rings (SSSR count). The number of ketones is 2. The van der Waals surface area contributed by atoms with Gasteiger partial charge >= 0.3 is 0 Å². The van der Waals surface area contributed by atoms with Gasteiger partial charge in [0, 0.05) is 29.8 Å². The van der Waals surface area contributed by atoms with Crippen molar-refractivity contribution in [1.82, 2.24) is 4.90 Å². The maximum Gasteiger partial charge on any atom is 0.147 e. The molecule has 27 heavy (non-hydrogen) atoms. The monoisotopic (exact) mass is 365 g/mol. The van der Waals surface area contributed by atoms with Crippen molar-refractivity contribution >= 4 is 33.3 Å². The van der Waals surface area contributed by atoms with Gasteiger partial charge in [0.15, 0.2) is 0 Å². The molecule has 1 aliphatic rings. The van der Waals surface area contributed by atoms with Gasteiger partial charge < -0.3 is 14.1 Å². The zero-order valence-electron chi connectivity index (χ0n) is 15.7. The average Bonchev–Trinajstić information content (AvgIpc) is 3.05. The molecule has 1 saturated carbocycles. The number of hydrogen-bond acceptors (Lipinski definition) is 5. The third-order valence-corrected chi connectivity index (χ3v) is 5.21. The number of hydrogen-bond donors (Lipinski definition) is 0. The smallest absolute Gasteiger partial charge is 0.147 e. The average molecular weight is 365 g/mol. The molecule has 0 radical (unpaired) electrons. The van der Waals surface area contributed by atoms with Gasteiger partial charge in [0.1, 0.15) is 29.5 Å². The lowest BCUT2D eigenvalue weighted by molar-refractivity contribution is -0.130. The first kappa shape index (κ1) is 17.7. The Hall–Kier alpha value is -2.66. The van der Waals surface area contributed by atoms with Crippen molar-refractivity contribution in [3.8, 4) is 5.75 Å². The van der Waals surface area contributed by atoms with Gasteiger partial charge in [-0.25, -0.2) is 0 Å². The van der Waals surface area contributed by atoms with Gasteiger partial charge in [0.25, 0.3) is 0 Å². The largest absolute Gasteiger partial charge is 0.492 e. The molecule has 1 heterocycles. The number of ether oxygens (including phenoxy) is 1. The Labute approximate surface area is 157 Å². The van der Waals surface area contributed by atoms with Crippen LogP contribution in [-0.2, 0) is 9.59 Å². The zero-order valence-corrected chi connectivity index (χ0v) is 15.7. The van der Waals surface area contributed by atoms with Crippen LogP contribution in [0.3, 0.4) is 0 Å². The van der Waals surface area contributed by atoms with Gasteiger partial charge in [-0.1, -0.05) is 6.07 Å². The molecule has 0 aliphatic heterocycles. The molecule has 5 nitrogen and oxygen atoms in total. The van der Waals surface area contributed by atoms with Gasteiger partial charge in [-0.05, 0) is 55.6 Å². The predicted octanol–water partition coefficient (Wildman–Crippen LogP) is 3.93. The molecule has 0 saturated heterocycles. The molecule has 1 atom stereocenters. The Bertz CT molecular complexity index is 1020. The van der Waals surface area contributed by atoms with E-state index in [1.807, 2.05) is 44.4 Å². The van der Waals surface area contributed by atoms with Crippen LogP contribution in [0.4, 0.5) is 0 Å². The minimum atomic E-state index is -0.259. The molecule has 0 unspecified atom stereocenters. The van der Waals surface area contributed by atoms with Gasteiger partial charge in [0.05, 0.1) is 12.7 Å². The predicted molar refractivity (Wildman–Crippen MR) is 104 cm³/mol. The first-order chi connectivity index (χ1) is 13.0. The van der Waals surface area contributed by atoms with Crippen LogP contribution in [0.2, 0.25) is 0 Å². The van der Waals surface area contributed by atoms with Crippen LogP contribution in [0.5, 0.6) is 5.75 Å². The summed E-state index contributed by atoms with van der Waals surface area (Å²) in [5, 5.41) is 3.06. The third kappa shape index (κ3) is 3.47. The molecule has 2 aromatic carbocycles. The number of benzene rings is 2. The molecular weight excluding hydrogens is 342 g/mol. The van der Waals surface area contributed by atoms with E-state index in [9.17, 15) is 9.59 Å². The molecule has 1 fully saturated rings. The first-order valence-corrected chi connectivity index (χ1v) is 9.29. The molecule has 0 spiro atoms. The molecule has 1 aromatic heterocycles.